The van der Waals surface area contributed by atoms with Crippen molar-refractivity contribution in [1.82, 2.24) is 15.6 Å². The number of aromatic nitrogens is 1. The highest BCUT2D eigenvalue weighted by atomic mass is 32.1. The minimum atomic E-state index is -1.11. The van der Waals surface area contributed by atoms with Gasteiger partial charge in [0.2, 0.25) is 0 Å². The molecular weight excluding hydrogens is 454 g/mol. The number of aryl methyl sites for hydroxylation is 1. The van der Waals surface area contributed by atoms with E-state index in [9.17, 15) is 14.4 Å². The molecule has 1 heterocycles. The van der Waals surface area contributed by atoms with Crippen LogP contribution in [-0.4, -0.2) is 41.2 Å². The van der Waals surface area contributed by atoms with Crippen molar-refractivity contribution in [3.05, 3.63) is 75.2 Å². The number of aromatic carboxylic acids is 1. The number of rotatable bonds is 6. The molecule has 1 aliphatic carbocycles. The number of benzene rings is 2. The molecule has 0 aliphatic heterocycles. The van der Waals surface area contributed by atoms with E-state index in [1.807, 2.05) is 36.4 Å². The van der Waals surface area contributed by atoms with Crippen LogP contribution in [0.5, 0.6) is 0 Å². The van der Waals surface area contributed by atoms with E-state index in [2.05, 4.69) is 39.6 Å². The second-order valence-electron chi connectivity index (χ2n) is 7.48. The number of fused-ring (bicyclic) bond motifs is 3. The van der Waals surface area contributed by atoms with Crippen LogP contribution < -0.4 is 10.6 Å². The summed E-state index contributed by atoms with van der Waals surface area (Å²) >= 11 is 1.20. The third-order valence-electron chi connectivity index (χ3n) is 5.31. The Bertz CT molecular complexity index is 1280. The molecule has 3 N–H and O–H groups in total. The second-order valence-corrected chi connectivity index (χ2v) is 8.77. The second kappa shape index (κ2) is 10.2. The molecule has 172 valence electrons. The molecule has 0 spiro atoms. The fraction of sp³-hybridized carbons (Fsp3) is 0.200. The number of amides is 2. The van der Waals surface area contributed by atoms with Gasteiger partial charge in [-0.15, -0.1) is 11.3 Å². The lowest BCUT2D eigenvalue weighted by molar-refractivity contribution is -0.115. The third kappa shape index (κ3) is 5.08. The molecule has 2 amide bonds. The number of nitrogens with zero attached hydrogens (tertiary/aromatic N) is 1. The summed E-state index contributed by atoms with van der Waals surface area (Å²) in [6.07, 6.45) is -0.615. The Labute approximate surface area is 200 Å². The van der Waals surface area contributed by atoms with Crippen molar-refractivity contribution in [2.24, 2.45) is 0 Å². The standard InChI is InChI=1S/C25H21N3O5S/c1-15-23(24(30)31)28-22(34-15)13-27-21(29)11-6-12-26-25(32)33-14-20-18-9-4-2-7-16(18)17-8-3-5-10-19(17)20/h2-5,7-10,20H,12-14H2,1H3,(H,26,32)(H,27,29)(H,30,31). The van der Waals surface area contributed by atoms with E-state index >= 15 is 0 Å². The van der Waals surface area contributed by atoms with Crippen molar-refractivity contribution >= 4 is 29.3 Å². The predicted molar refractivity (Wildman–Crippen MR) is 127 cm³/mol. The van der Waals surface area contributed by atoms with Gasteiger partial charge in [-0.25, -0.2) is 14.6 Å². The van der Waals surface area contributed by atoms with E-state index in [-0.39, 0.29) is 31.3 Å². The van der Waals surface area contributed by atoms with Crippen LogP contribution in [0.25, 0.3) is 11.1 Å². The van der Waals surface area contributed by atoms with Crippen molar-refractivity contribution in [3.63, 3.8) is 0 Å². The van der Waals surface area contributed by atoms with Gasteiger partial charge in [0.05, 0.1) is 13.1 Å². The van der Waals surface area contributed by atoms with Crippen LogP contribution in [0, 0.1) is 18.8 Å². The number of alkyl carbamates (subject to hydrolysis) is 1. The Hall–Kier alpha value is -4.16. The van der Waals surface area contributed by atoms with Crippen molar-refractivity contribution in [2.45, 2.75) is 19.4 Å². The van der Waals surface area contributed by atoms with Crippen molar-refractivity contribution in [1.29, 1.82) is 0 Å². The highest BCUT2D eigenvalue weighted by Gasteiger charge is 2.28. The van der Waals surface area contributed by atoms with Crippen LogP contribution in [0.1, 0.15) is 37.4 Å². The van der Waals surface area contributed by atoms with Crippen LogP contribution in [0.2, 0.25) is 0 Å². The molecule has 0 saturated carbocycles. The molecule has 1 aliphatic rings. The van der Waals surface area contributed by atoms with Crippen LogP contribution in [0.15, 0.2) is 48.5 Å². The zero-order chi connectivity index (χ0) is 24.1. The summed E-state index contributed by atoms with van der Waals surface area (Å²) in [4.78, 5) is 39.5. The van der Waals surface area contributed by atoms with E-state index in [1.54, 1.807) is 6.92 Å². The first kappa shape index (κ1) is 23.0. The fourth-order valence-corrected chi connectivity index (χ4v) is 4.68. The number of carboxylic acids is 1. The Balaban J connectivity index is 1.23. The molecule has 0 saturated heterocycles. The van der Waals surface area contributed by atoms with Gasteiger partial charge in [-0.2, -0.15) is 0 Å². The van der Waals surface area contributed by atoms with E-state index in [0.29, 0.717) is 9.88 Å². The lowest BCUT2D eigenvalue weighted by Crippen LogP contribution is -2.27. The number of thiazole rings is 1. The molecule has 0 bridgehead atoms. The van der Waals surface area contributed by atoms with E-state index in [1.165, 1.54) is 11.3 Å². The molecule has 34 heavy (non-hydrogen) atoms. The Kier molecular flexibility index (Phi) is 6.90. The summed E-state index contributed by atoms with van der Waals surface area (Å²) in [6, 6.07) is 16.1. The maximum atomic E-state index is 12.1. The van der Waals surface area contributed by atoms with E-state index in [4.69, 9.17) is 9.84 Å². The van der Waals surface area contributed by atoms with Gasteiger partial charge in [0.15, 0.2) is 5.69 Å². The third-order valence-corrected chi connectivity index (χ3v) is 6.28. The average Bonchev–Trinajstić information content (AvgIpc) is 3.37. The fourth-order valence-electron chi connectivity index (χ4n) is 3.82. The predicted octanol–water partition coefficient (Wildman–Crippen LogP) is 3.31. The minimum Gasteiger partial charge on any atom is -0.476 e. The summed E-state index contributed by atoms with van der Waals surface area (Å²) in [5.41, 5.74) is 4.53. The quantitative estimate of drug-likeness (QED) is 0.471. The molecule has 1 aromatic heterocycles. The Morgan fingerprint density at radius 1 is 1.06 bits per heavy atom. The normalized spacial score (nSPS) is 11.6. The van der Waals surface area contributed by atoms with Crippen LogP contribution >= 0.6 is 11.3 Å². The largest absolute Gasteiger partial charge is 0.476 e. The molecule has 2 aromatic carbocycles. The average molecular weight is 476 g/mol. The van der Waals surface area contributed by atoms with Crippen LogP contribution in [-0.2, 0) is 16.1 Å². The first-order chi connectivity index (χ1) is 16.4. The molecule has 0 atom stereocenters. The summed E-state index contributed by atoms with van der Waals surface area (Å²) in [6.45, 7) is 1.87. The number of hydrogen-bond donors (Lipinski definition) is 3. The van der Waals surface area contributed by atoms with Gasteiger partial charge in [0, 0.05) is 10.8 Å². The van der Waals surface area contributed by atoms with E-state index in [0.717, 1.165) is 22.3 Å². The first-order valence-corrected chi connectivity index (χ1v) is 11.3. The molecule has 0 radical (unpaired) electrons. The van der Waals surface area contributed by atoms with Crippen molar-refractivity contribution in [2.75, 3.05) is 13.2 Å². The zero-order valence-corrected chi connectivity index (χ0v) is 19.1. The Morgan fingerprint density at radius 2 is 1.71 bits per heavy atom. The van der Waals surface area contributed by atoms with Crippen molar-refractivity contribution < 1.29 is 24.2 Å². The highest BCUT2D eigenvalue weighted by Crippen LogP contribution is 2.44. The van der Waals surface area contributed by atoms with Gasteiger partial charge >= 0.3 is 12.1 Å². The highest BCUT2D eigenvalue weighted by molar-refractivity contribution is 7.11. The topological polar surface area (TPSA) is 118 Å². The van der Waals surface area contributed by atoms with E-state index < -0.39 is 18.0 Å². The van der Waals surface area contributed by atoms with Gasteiger partial charge in [0.25, 0.3) is 5.91 Å². The van der Waals surface area contributed by atoms with Gasteiger partial charge < -0.3 is 20.5 Å². The molecule has 0 unspecified atom stereocenters. The monoisotopic (exact) mass is 475 g/mol. The van der Waals surface area contributed by atoms with Crippen LogP contribution in [0.4, 0.5) is 4.79 Å². The zero-order valence-electron chi connectivity index (χ0n) is 18.3. The number of hydrogen-bond acceptors (Lipinski definition) is 6. The molecule has 4 rings (SSSR count). The number of carbonyl (C=O) groups excluding carboxylic acids is 2. The van der Waals surface area contributed by atoms with Gasteiger partial charge in [-0.1, -0.05) is 54.5 Å². The lowest BCUT2D eigenvalue weighted by atomic mass is 9.98. The summed E-state index contributed by atoms with van der Waals surface area (Å²) < 4.78 is 5.41. The smallest absolute Gasteiger partial charge is 0.407 e. The molecular formula is C25H21N3O5S. The number of carboxylic acid groups (broad SMARTS) is 1. The minimum absolute atomic E-state index is 0.0207. The maximum absolute atomic E-state index is 12.1. The Morgan fingerprint density at radius 3 is 2.32 bits per heavy atom. The van der Waals surface area contributed by atoms with Gasteiger partial charge in [-0.05, 0) is 35.1 Å². The molecule has 0 fully saturated rings. The number of ether oxygens (including phenoxy) is 1. The summed E-state index contributed by atoms with van der Waals surface area (Å²) in [7, 11) is 0. The summed E-state index contributed by atoms with van der Waals surface area (Å²) in [5, 5.41) is 14.6. The first-order valence-electron chi connectivity index (χ1n) is 10.5. The number of carbonyl (C=O) groups is 3. The molecule has 8 nitrogen and oxygen atoms in total. The summed E-state index contributed by atoms with van der Waals surface area (Å²) in [5.74, 6) is 3.23. The van der Waals surface area contributed by atoms with Crippen molar-refractivity contribution in [3.8, 4) is 23.0 Å². The number of nitrogens with one attached hydrogen (secondary N) is 2. The SMILES string of the molecule is Cc1sc(CNC(=O)C#CCNC(=O)OCC2c3ccccc3-c3ccccc32)nc1C(=O)O. The van der Waals surface area contributed by atoms with Gasteiger partial charge in [0.1, 0.15) is 11.6 Å². The van der Waals surface area contributed by atoms with Crippen LogP contribution in [0.3, 0.4) is 0 Å². The molecule has 3 aromatic rings. The maximum Gasteiger partial charge on any atom is 0.407 e. The van der Waals surface area contributed by atoms with Gasteiger partial charge in [-0.3, -0.25) is 4.79 Å². The lowest BCUT2D eigenvalue weighted by Gasteiger charge is -2.14. The molecule has 9 heteroatoms.